The van der Waals surface area contributed by atoms with Crippen LogP contribution in [0.25, 0.3) is 0 Å². The summed E-state index contributed by atoms with van der Waals surface area (Å²) in [5, 5.41) is 0. The molecule has 0 saturated heterocycles. The van der Waals surface area contributed by atoms with Crippen LogP contribution in [0.5, 0.6) is 0 Å². The van der Waals surface area contributed by atoms with Crippen LogP contribution in [-0.2, 0) is 18.0 Å². The number of hydrogen-bond acceptors (Lipinski definition) is 4. The molecule has 0 aromatic rings. The van der Waals surface area contributed by atoms with E-state index in [4.69, 9.17) is 18.0 Å². The summed E-state index contributed by atoms with van der Waals surface area (Å²) in [4.78, 5) is 0. The summed E-state index contributed by atoms with van der Waals surface area (Å²) in [6.45, 7) is 10.8. The molecule has 0 unspecified atom stereocenters. The second kappa shape index (κ2) is 8.39. The Morgan fingerprint density at radius 2 is 1.53 bits per heavy atom. The first-order valence-electron chi connectivity index (χ1n) is 6.15. The van der Waals surface area contributed by atoms with Crippen molar-refractivity contribution < 1.29 is 18.0 Å². The standard InChI is InChI=1S/C11H28O4Si2/c1-12-9-10-14-8-7-11-16(3,4)15-17(5,6)13-2/h7-11H2,1-6H3. The van der Waals surface area contributed by atoms with Crippen molar-refractivity contribution in [1.82, 2.24) is 0 Å². The summed E-state index contributed by atoms with van der Waals surface area (Å²) < 4.78 is 22.0. The summed E-state index contributed by atoms with van der Waals surface area (Å²) >= 11 is 0. The molecule has 0 heterocycles. The first-order valence-corrected chi connectivity index (χ1v) is 12.1. The van der Waals surface area contributed by atoms with Gasteiger partial charge in [-0.15, -0.1) is 0 Å². The van der Waals surface area contributed by atoms with Gasteiger partial charge in [-0.2, -0.15) is 0 Å². The molecule has 0 bridgehead atoms. The van der Waals surface area contributed by atoms with E-state index in [1.165, 1.54) is 0 Å². The Kier molecular flexibility index (Phi) is 8.52. The van der Waals surface area contributed by atoms with Crippen LogP contribution in [0.1, 0.15) is 6.42 Å². The van der Waals surface area contributed by atoms with Crippen molar-refractivity contribution in [3.05, 3.63) is 0 Å². The molecule has 0 atom stereocenters. The number of ether oxygens (including phenoxy) is 2. The van der Waals surface area contributed by atoms with Crippen LogP contribution in [0, 0.1) is 0 Å². The maximum atomic E-state index is 6.18. The summed E-state index contributed by atoms with van der Waals surface area (Å²) in [6.07, 6.45) is 1.05. The van der Waals surface area contributed by atoms with E-state index in [2.05, 4.69) is 26.2 Å². The fourth-order valence-electron chi connectivity index (χ4n) is 1.60. The molecule has 0 radical (unpaired) electrons. The van der Waals surface area contributed by atoms with E-state index in [0.717, 1.165) is 19.1 Å². The van der Waals surface area contributed by atoms with Crippen molar-refractivity contribution in [2.75, 3.05) is 34.0 Å². The highest BCUT2D eigenvalue weighted by molar-refractivity contribution is 6.82. The van der Waals surface area contributed by atoms with E-state index in [1.807, 2.05) is 0 Å². The number of rotatable bonds is 10. The van der Waals surface area contributed by atoms with Gasteiger partial charge in [-0.3, -0.25) is 0 Å². The zero-order valence-electron chi connectivity index (χ0n) is 12.2. The van der Waals surface area contributed by atoms with Gasteiger partial charge in [0.15, 0.2) is 8.32 Å². The lowest BCUT2D eigenvalue weighted by atomic mass is 10.5. The Bertz CT molecular complexity index is 198. The highest BCUT2D eigenvalue weighted by Gasteiger charge is 2.33. The molecule has 0 amide bonds. The molecule has 0 rings (SSSR count). The van der Waals surface area contributed by atoms with Crippen molar-refractivity contribution in [2.45, 2.75) is 38.7 Å². The van der Waals surface area contributed by atoms with Crippen molar-refractivity contribution in [2.24, 2.45) is 0 Å². The minimum Gasteiger partial charge on any atom is -0.436 e. The molecule has 0 spiro atoms. The molecule has 104 valence electrons. The van der Waals surface area contributed by atoms with E-state index in [-0.39, 0.29) is 0 Å². The van der Waals surface area contributed by atoms with E-state index in [0.29, 0.717) is 13.2 Å². The van der Waals surface area contributed by atoms with Gasteiger partial charge in [0.2, 0.25) is 0 Å². The van der Waals surface area contributed by atoms with Crippen LogP contribution in [-0.4, -0.2) is 50.9 Å². The van der Waals surface area contributed by atoms with E-state index >= 15 is 0 Å². The predicted octanol–water partition coefficient (Wildman–Crippen LogP) is 2.61. The van der Waals surface area contributed by atoms with Crippen molar-refractivity contribution in [1.29, 1.82) is 0 Å². The van der Waals surface area contributed by atoms with Crippen LogP contribution in [0.3, 0.4) is 0 Å². The average Bonchev–Trinajstić information content (AvgIpc) is 2.22. The maximum absolute atomic E-state index is 6.18. The lowest BCUT2D eigenvalue weighted by molar-refractivity contribution is 0.0707. The highest BCUT2D eigenvalue weighted by Crippen LogP contribution is 2.20. The zero-order valence-corrected chi connectivity index (χ0v) is 14.2. The molecule has 0 aromatic carbocycles. The van der Waals surface area contributed by atoms with E-state index in [1.54, 1.807) is 14.2 Å². The third kappa shape index (κ3) is 9.93. The summed E-state index contributed by atoms with van der Waals surface area (Å²) in [7, 11) is -0.0698. The molecule has 17 heavy (non-hydrogen) atoms. The summed E-state index contributed by atoms with van der Waals surface area (Å²) in [5.41, 5.74) is 0. The fraction of sp³-hybridized carbons (Fsp3) is 1.00. The second-order valence-electron chi connectivity index (χ2n) is 5.17. The molecule has 6 heteroatoms. The molecule has 0 saturated carbocycles. The number of hydrogen-bond donors (Lipinski definition) is 0. The molecule has 0 aliphatic rings. The third-order valence-corrected chi connectivity index (χ3v) is 9.23. The largest absolute Gasteiger partial charge is 0.436 e. The van der Waals surface area contributed by atoms with Crippen LogP contribution < -0.4 is 0 Å². The van der Waals surface area contributed by atoms with Crippen LogP contribution in [0.15, 0.2) is 0 Å². The van der Waals surface area contributed by atoms with Gasteiger partial charge in [0.25, 0.3) is 0 Å². The predicted molar refractivity (Wildman–Crippen MR) is 75.2 cm³/mol. The molecule has 0 aliphatic carbocycles. The lowest BCUT2D eigenvalue weighted by Gasteiger charge is -2.32. The topological polar surface area (TPSA) is 36.9 Å². The Labute approximate surface area is 108 Å². The van der Waals surface area contributed by atoms with Gasteiger partial charge in [0.05, 0.1) is 13.2 Å². The molecule has 0 aromatic heterocycles. The zero-order chi connectivity index (χ0) is 13.4. The first-order chi connectivity index (χ1) is 7.83. The van der Waals surface area contributed by atoms with Crippen molar-refractivity contribution >= 4 is 16.9 Å². The molecular weight excluding hydrogens is 252 g/mol. The van der Waals surface area contributed by atoms with E-state index in [9.17, 15) is 0 Å². The minimum absolute atomic E-state index is 0.668. The number of methoxy groups -OCH3 is 1. The van der Waals surface area contributed by atoms with Gasteiger partial charge >= 0.3 is 8.56 Å². The molecule has 4 nitrogen and oxygen atoms in total. The Morgan fingerprint density at radius 1 is 0.882 bits per heavy atom. The van der Waals surface area contributed by atoms with Crippen molar-refractivity contribution in [3.8, 4) is 0 Å². The normalized spacial score (nSPS) is 13.1. The SMILES string of the molecule is COCCOCCC[Si](C)(C)O[Si](C)(C)OC. The maximum Gasteiger partial charge on any atom is 0.321 e. The Hall–Kier alpha value is 0.274. The van der Waals surface area contributed by atoms with Gasteiger partial charge in [-0.25, -0.2) is 0 Å². The van der Waals surface area contributed by atoms with Crippen LogP contribution in [0.2, 0.25) is 32.2 Å². The molecule has 0 N–H and O–H groups in total. The monoisotopic (exact) mass is 280 g/mol. The Balaban J connectivity index is 3.71. The summed E-state index contributed by atoms with van der Waals surface area (Å²) in [5.74, 6) is 0. The average molecular weight is 281 g/mol. The summed E-state index contributed by atoms with van der Waals surface area (Å²) in [6, 6.07) is 1.11. The van der Waals surface area contributed by atoms with Crippen LogP contribution in [0.4, 0.5) is 0 Å². The molecule has 0 fully saturated rings. The van der Waals surface area contributed by atoms with Crippen molar-refractivity contribution in [3.63, 3.8) is 0 Å². The second-order valence-corrected chi connectivity index (χ2v) is 13.2. The molecular formula is C11H28O4Si2. The lowest BCUT2D eigenvalue weighted by Crippen LogP contribution is -2.45. The van der Waals surface area contributed by atoms with Gasteiger partial charge in [-0.1, -0.05) is 0 Å². The quantitative estimate of drug-likeness (QED) is 0.455. The fourth-order valence-corrected chi connectivity index (χ4v) is 8.66. The van der Waals surface area contributed by atoms with Gasteiger partial charge in [-0.05, 0) is 38.7 Å². The van der Waals surface area contributed by atoms with Gasteiger partial charge in [0.1, 0.15) is 0 Å². The van der Waals surface area contributed by atoms with E-state index < -0.39 is 16.9 Å². The highest BCUT2D eigenvalue weighted by atomic mass is 28.4. The smallest absolute Gasteiger partial charge is 0.321 e. The van der Waals surface area contributed by atoms with Gasteiger partial charge in [0, 0.05) is 20.8 Å². The Morgan fingerprint density at radius 3 is 2.06 bits per heavy atom. The third-order valence-electron chi connectivity index (χ3n) is 2.51. The first kappa shape index (κ1) is 17.3. The van der Waals surface area contributed by atoms with Gasteiger partial charge < -0.3 is 18.0 Å². The van der Waals surface area contributed by atoms with Crippen LogP contribution >= 0.6 is 0 Å². The minimum atomic E-state index is -1.89. The molecule has 0 aliphatic heterocycles.